The molecule has 94 valence electrons. The van der Waals surface area contributed by atoms with Crippen LogP contribution in [0.3, 0.4) is 0 Å². The second kappa shape index (κ2) is 4.65. The Morgan fingerprint density at radius 3 is 2.78 bits per heavy atom. The Balaban J connectivity index is 2.21. The molecular weight excluding hydrogens is 242 g/mol. The normalized spacial score (nSPS) is 11.0. The van der Waals surface area contributed by atoms with Crippen LogP contribution in [-0.2, 0) is 0 Å². The van der Waals surface area contributed by atoms with Crippen molar-refractivity contribution < 1.29 is 13.8 Å². The van der Waals surface area contributed by atoms with Crippen LogP contribution in [0, 0.1) is 10.1 Å². The van der Waals surface area contributed by atoms with Gasteiger partial charge in [0.25, 0.3) is 5.89 Å². The molecule has 2 rings (SSSR count). The summed E-state index contributed by atoms with van der Waals surface area (Å²) in [6.07, 6.45) is 1.49. The second-order valence-electron chi connectivity index (χ2n) is 3.49. The predicted molar refractivity (Wildman–Crippen MR) is 60.5 cm³/mol. The van der Waals surface area contributed by atoms with Crippen LogP contribution in [0.4, 0.5) is 11.9 Å². The van der Waals surface area contributed by atoms with Crippen molar-refractivity contribution in [2.75, 3.05) is 14.1 Å². The smallest absolute Gasteiger partial charge is 0.399 e. The van der Waals surface area contributed by atoms with Crippen molar-refractivity contribution in [3.63, 3.8) is 0 Å². The molecule has 0 amide bonds. The van der Waals surface area contributed by atoms with Gasteiger partial charge >= 0.3 is 11.9 Å². The molecule has 0 fully saturated rings. The highest BCUT2D eigenvalue weighted by molar-refractivity contribution is 5.57. The lowest BCUT2D eigenvalue weighted by Crippen LogP contribution is -2.06. The average Bonchev–Trinajstić information content (AvgIpc) is 2.95. The molecule has 18 heavy (non-hydrogen) atoms. The lowest BCUT2D eigenvalue weighted by molar-refractivity contribution is -0.401. The Hall–Kier alpha value is -2.71. The summed E-state index contributed by atoms with van der Waals surface area (Å²) in [5, 5.41) is 17.8. The number of furan rings is 1. The van der Waals surface area contributed by atoms with Crippen LogP contribution >= 0.6 is 0 Å². The third-order valence-corrected chi connectivity index (χ3v) is 1.80. The number of rotatable bonds is 4. The van der Waals surface area contributed by atoms with E-state index in [1.165, 1.54) is 18.5 Å². The lowest BCUT2D eigenvalue weighted by atomic mass is 10.4. The second-order valence-corrected chi connectivity index (χ2v) is 3.49. The molecule has 0 spiro atoms. The summed E-state index contributed by atoms with van der Waals surface area (Å²) in [6, 6.07) is 2.63. The predicted octanol–water partition coefficient (Wildman–Crippen LogP) is 1.46. The molecule has 0 aliphatic heterocycles. The highest BCUT2D eigenvalue weighted by Gasteiger charge is 2.17. The van der Waals surface area contributed by atoms with Crippen LogP contribution in [0.1, 0.15) is 0 Å². The first-order valence-corrected chi connectivity index (χ1v) is 4.85. The molecule has 0 aliphatic rings. The number of hydrogen-bond acceptors (Lipinski definition) is 7. The monoisotopic (exact) mass is 251 g/mol. The zero-order valence-electron chi connectivity index (χ0n) is 9.60. The van der Waals surface area contributed by atoms with Gasteiger partial charge in [-0.2, -0.15) is 4.99 Å². The molecule has 0 radical (unpaired) electrons. The molecule has 0 atom stereocenters. The standard InChI is InChI=1S/C9H9N5O4/c1-13(2)5-10-9-12-11-8(18-9)6-3-4-7(17-6)14(15)16/h3-5H,1-2H3. The van der Waals surface area contributed by atoms with Gasteiger partial charge in [0.2, 0.25) is 0 Å². The number of aromatic nitrogens is 2. The fourth-order valence-electron chi connectivity index (χ4n) is 1.07. The summed E-state index contributed by atoms with van der Waals surface area (Å²) in [5.74, 6) is -0.226. The van der Waals surface area contributed by atoms with Crippen LogP contribution in [0.2, 0.25) is 0 Å². The molecule has 9 heteroatoms. The van der Waals surface area contributed by atoms with Gasteiger partial charge < -0.3 is 13.7 Å². The zero-order valence-corrected chi connectivity index (χ0v) is 9.60. The average molecular weight is 251 g/mol. The molecule has 2 aromatic heterocycles. The van der Waals surface area contributed by atoms with Crippen molar-refractivity contribution in [1.82, 2.24) is 15.1 Å². The first kappa shape index (κ1) is 11.8. The fourth-order valence-corrected chi connectivity index (χ4v) is 1.07. The Morgan fingerprint density at radius 1 is 1.39 bits per heavy atom. The van der Waals surface area contributed by atoms with Crippen LogP contribution in [0.5, 0.6) is 0 Å². The van der Waals surface area contributed by atoms with Crippen molar-refractivity contribution in [2.24, 2.45) is 4.99 Å². The topological polar surface area (TPSA) is 111 Å². The minimum Gasteiger partial charge on any atom is -0.399 e. The largest absolute Gasteiger partial charge is 0.433 e. The summed E-state index contributed by atoms with van der Waals surface area (Å²) >= 11 is 0. The Morgan fingerprint density at radius 2 is 2.17 bits per heavy atom. The van der Waals surface area contributed by atoms with Crippen molar-refractivity contribution in [2.45, 2.75) is 0 Å². The molecule has 0 aromatic carbocycles. The van der Waals surface area contributed by atoms with Gasteiger partial charge in [-0.3, -0.25) is 10.1 Å². The molecule has 0 saturated heterocycles. The van der Waals surface area contributed by atoms with Crippen molar-refractivity contribution in [3.8, 4) is 11.7 Å². The molecule has 0 unspecified atom stereocenters. The van der Waals surface area contributed by atoms with Crippen molar-refractivity contribution >= 4 is 18.2 Å². The van der Waals surface area contributed by atoms with Gasteiger partial charge in [0.05, 0.1) is 12.4 Å². The Kier molecular flexibility index (Phi) is 3.04. The van der Waals surface area contributed by atoms with Gasteiger partial charge in [0, 0.05) is 14.1 Å². The van der Waals surface area contributed by atoms with E-state index in [-0.39, 0.29) is 23.5 Å². The summed E-state index contributed by atoms with van der Waals surface area (Å²) in [7, 11) is 3.58. The lowest BCUT2D eigenvalue weighted by Gasteiger charge is -1.99. The first-order chi connectivity index (χ1) is 8.56. The molecular formula is C9H9N5O4. The Labute approximate surface area is 101 Å². The van der Waals surface area contributed by atoms with E-state index in [4.69, 9.17) is 8.83 Å². The minimum atomic E-state index is -0.648. The van der Waals surface area contributed by atoms with E-state index < -0.39 is 4.92 Å². The van der Waals surface area contributed by atoms with Crippen LogP contribution in [-0.4, -0.2) is 40.5 Å². The van der Waals surface area contributed by atoms with E-state index in [0.29, 0.717) is 0 Å². The summed E-state index contributed by atoms with van der Waals surface area (Å²) in [6.45, 7) is 0. The maximum absolute atomic E-state index is 10.4. The van der Waals surface area contributed by atoms with Gasteiger partial charge in [-0.1, -0.05) is 5.10 Å². The number of nitrogens with zero attached hydrogens (tertiary/aromatic N) is 5. The van der Waals surface area contributed by atoms with Crippen LogP contribution in [0.15, 0.2) is 26.0 Å². The van der Waals surface area contributed by atoms with E-state index in [1.807, 2.05) is 0 Å². The van der Waals surface area contributed by atoms with E-state index in [0.717, 1.165) is 0 Å². The quantitative estimate of drug-likeness (QED) is 0.350. The van der Waals surface area contributed by atoms with E-state index in [1.54, 1.807) is 19.0 Å². The molecule has 0 saturated carbocycles. The van der Waals surface area contributed by atoms with Crippen molar-refractivity contribution in [3.05, 3.63) is 22.2 Å². The van der Waals surface area contributed by atoms with Crippen LogP contribution in [0.25, 0.3) is 11.7 Å². The molecule has 9 nitrogen and oxygen atoms in total. The van der Waals surface area contributed by atoms with Gasteiger partial charge in [0.1, 0.15) is 4.92 Å². The zero-order chi connectivity index (χ0) is 13.1. The molecule has 0 aliphatic carbocycles. The van der Waals surface area contributed by atoms with E-state index >= 15 is 0 Å². The van der Waals surface area contributed by atoms with E-state index in [2.05, 4.69) is 15.2 Å². The van der Waals surface area contributed by atoms with E-state index in [9.17, 15) is 10.1 Å². The first-order valence-electron chi connectivity index (χ1n) is 4.85. The minimum absolute atomic E-state index is 0.0361. The Bertz CT molecular complexity index is 585. The SMILES string of the molecule is CN(C)C=Nc1nnc(-c2ccc([N+](=O)[O-])o2)o1. The summed E-state index contributed by atoms with van der Waals surface area (Å²) in [5.41, 5.74) is 0. The van der Waals surface area contributed by atoms with Crippen LogP contribution < -0.4 is 0 Å². The van der Waals surface area contributed by atoms with Gasteiger partial charge in [0.15, 0.2) is 5.76 Å². The van der Waals surface area contributed by atoms with Crippen molar-refractivity contribution in [1.29, 1.82) is 0 Å². The fraction of sp³-hybridized carbons (Fsp3) is 0.222. The molecule has 0 bridgehead atoms. The van der Waals surface area contributed by atoms with Gasteiger partial charge in [-0.15, -0.1) is 5.10 Å². The number of nitro groups is 1. The maximum atomic E-state index is 10.4. The summed E-state index contributed by atoms with van der Waals surface area (Å²) < 4.78 is 10.1. The molecule has 2 aromatic rings. The highest BCUT2D eigenvalue weighted by Crippen LogP contribution is 2.26. The van der Waals surface area contributed by atoms with Gasteiger partial charge in [-0.25, -0.2) is 0 Å². The molecule has 2 heterocycles. The third-order valence-electron chi connectivity index (χ3n) is 1.80. The number of aliphatic imine (C=N–C) groups is 1. The summed E-state index contributed by atoms with van der Waals surface area (Å²) in [4.78, 5) is 15.4. The maximum Gasteiger partial charge on any atom is 0.433 e. The third kappa shape index (κ3) is 2.51. The van der Waals surface area contributed by atoms with Gasteiger partial charge in [-0.05, 0) is 6.07 Å². The molecule has 0 N–H and O–H groups in total. The number of hydrogen-bond donors (Lipinski definition) is 0. The highest BCUT2D eigenvalue weighted by atomic mass is 16.6.